The molecule has 230 valence electrons. The standard InChI is InChI=1S/C33H36N4O7/c1-3-19-44-31(38)28-25(12-8-9-20-42-21-22-10-6-5-7-11-22)34-33-35-30(23-13-15-24(16-14-23)37(40)41)29(32(39)43-4-2)27-18-17-26(28)36(27)33/h3,5-7,10-11,13-16,26-27H,1,4,8-9,12,17-21H2,2H3,(H,34,35,38,39)/p+1/t26-,27-/m1/s1. The van der Waals surface area contributed by atoms with Gasteiger partial charge in [-0.3, -0.25) is 10.1 Å². The van der Waals surface area contributed by atoms with Crippen molar-refractivity contribution < 1.29 is 33.3 Å². The lowest BCUT2D eigenvalue weighted by Gasteiger charge is -2.32. The highest BCUT2D eigenvalue weighted by Gasteiger charge is 2.51. The summed E-state index contributed by atoms with van der Waals surface area (Å²) in [7, 11) is 0. The number of allylic oxidation sites excluding steroid dienone is 1. The van der Waals surface area contributed by atoms with E-state index in [2.05, 4.69) is 17.2 Å². The Balaban J connectivity index is 1.39. The summed E-state index contributed by atoms with van der Waals surface area (Å²) in [5, 5.41) is 18.1. The second-order valence-corrected chi connectivity index (χ2v) is 10.7. The van der Waals surface area contributed by atoms with Crippen molar-refractivity contribution in [1.82, 2.24) is 10.6 Å². The van der Waals surface area contributed by atoms with Crippen LogP contribution in [-0.2, 0) is 30.4 Å². The van der Waals surface area contributed by atoms with Crippen LogP contribution in [0.4, 0.5) is 5.69 Å². The number of guanidine groups is 1. The van der Waals surface area contributed by atoms with Crippen molar-refractivity contribution in [2.24, 2.45) is 0 Å². The molecule has 3 aliphatic rings. The molecular weight excluding hydrogens is 564 g/mol. The minimum Gasteiger partial charge on any atom is -0.462 e. The molecule has 5 rings (SSSR count). The molecule has 3 heterocycles. The molecule has 0 saturated carbocycles. The second-order valence-electron chi connectivity index (χ2n) is 10.7. The lowest BCUT2D eigenvalue weighted by molar-refractivity contribution is -0.567. The Morgan fingerprint density at radius 2 is 1.70 bits per heavy atom. The average Bonchev–Trinajstić information content (AvgIpc) is 3.47. The molecule has 2 aromatic rings. The fraction of sp³-hybridized carbons (Fsp3) is 0.364. The highest BCUT2D eigenvalue weighted by atomic mass is 16.6. The molecule has 0 aromatic heterocycles. The van der Waals surface area contributed by atoms with Crippen LogP contribution in [0.2, 0.25) is 0 Å². The number of nitro benzene ring substituents is 1. The van der Waals surface area contributed by atoms with Crippen LogP contribution in [0.1, 0.15) is 50.2 Å². The van der Waals surface area contributed by atoms with Gasteiger partial charge in [-0.15, -0.1) is 0 Å². The Hall–Kier alpha value is -4.77. The third-order valence-corrected chi connectivity index (χ3v) is 7.91. The predicted octanol–water partition coefficient (Wildman–Crippen LogP) is 4.35. The van der Waals surface area contributed by atoms with Crippen molar-refractivity contribution in [1.29, 1.82) is 0 Å². The summed E-state index contributed by atoms with van der Waals surface area (Å²) in [6.07, 6.45) is 4.92. The molecular formula is C33H37N4O7+. The minimum absolute atomic E-state index is 0.0468. The number of non-ortho nitro benzene ring substituents is 1. The molecule has 0 radical (unpaired) electrons. The molecule has 0 bridgehead atoms. The molecule has 0 aliphatic carbocycles. The number of rotatable bonds is 14. The van der Waals surface area contributed by atoms with E-state index in [0.29, 0.717) is 60.8 Å². The predicted molar refractivity (Wildman–Crippen MR) is 163 cm³/mol. The molecule has 2 aromatic carbocycles. The van der Waals surface area contributed by atoms with E-state index >= 15 is 0 Å². The number of nitrogens with one attached hydrogen (secondary N) is 2. The fourth-order valence-electron chi connectivity index (χ4n) is 5.98. The third-order valence-electron chi connectivity index (χ3n) is 7.91. The number of benzene rings is 2. The summed E-state index contributed by atoms with van der Waals surface area (Å²) in [6.45, 7) is 6.82. The molecule has 1 saturated heterocycles. The van der Waals surface area contributed by atoms with E-state index in [9.17, 15) is 19.7 Å². The monoisotopic (exact) mass is 601 g/mol. The number of esters is 2. The fourth-order valence-corrected chi connectivity index (χ4v) is 5.98. The first kappa shape index (κ1) is 30.7. The van der Waals surface area contributed by atoms with Crippen LogP contribution in [0.3, 0.4) is 0 Å². The highest BCUT2D eigenvalue weighted by Crippen LogP contribution is 2.39. The number of ether oxygens (including phenoxy) is 3. The van der Waals surface area contributed by atoms with Gasteiger partial charge in [0.1, 0.15) is 35.5 Å². The highest BCUT2D eigenvalue weighted by molar-refractivity contribution is 6.04. The van der Waals surface area contributed by atoms with E-state index in [1.807, 2.05) is 34.9 Å². The van der Waals surface area contributed by atoms with Crippen molar-refractivity contribution in [3.05, 3.63) is 105 Å². The normalized spacial score (nSPS) is 18.8. The maximum atomic E-state index is 13.4. The van der Waals surface area contributed by atoms with Crippen LogP contribution >= 0.6 is 0 Å². The van der Waals surface area contributed by atoms with E-state index in [1.165, 1.54) is 18.2 Å². The zero-order valence-electron chi connectivity index (χ0n) is 24.8. The van der Waals surface area contributed by atoms with E-state index in [-0.39, 0.29) is 31.0 Å². The van der Waals surface area contributed by atoms with Gasteiger partial charge in [0, 0.05) is 30.7 Å². The number of hydrogen-bond acceptors (Lipinski definition) is 9. The van der Waals surface area contributed by atoms with Gasteiger partial charge in [-0.05, 0) is 50.3 Å². The van der Waals surface area contributed by atoms with E-state index in [4.69, 9.17) is 14.2 Å². The van der Waals surface area contributed by atoms with Gasteiger partial charge in [-0.1, -0.05) is 43.0 Å². The van der Waals surface area contributed by atoms with Gasteiger partial charge in [0.15, 0.2) is 0 Å². The smallest absolute Gasteiger partial charge is 0.356 e. The maximum absolute atomic E-state index is 13.4. The maximum Gasteiger partial charge on any atom is 0.356 e. The minimum atomic E-state index is -0.473. The second kappa shape index (κ2) is 14.1. The number of carbonyl (C=O) groups is 2. The van der Waals surface area contributed by atoms with Crippen LogP contribution in [0.25, 0.3) is 5.70 Å². The van der Waals surface area contributed by atoms with Crippen molar-refractivity contribution in [2.75, 3.05) is 19.8 Å². The van der Waals surface area contributed by atoms with Crippen LogP contribution in [0.15, 0.2) is 84.1 Å². The van der Waals surface area contributed by atoms with Crippen LogP contribution in [-0.4, -0.2) is 59.3 Å². The van der Waals surface area contributed by atoms with Gasteiger partial charge < -0.3 is 14.2 Å². The first-order chi connectivity index (χ1) is 21.4. The number of carbonyl (C=O) groups excluding carboxylic acids is 2. The average molecular weight is 602 g/mol. The summed E-state index contributed by atoms with van der Waals surface area (Å²) in [5.41, 5.74) is 3.94. The lowest BCUT2D eigenvalue weighted by Crippen LogP contribution is -2.56. The lowest BCUT2D eigenvalue weighted by atomic mass is 9.96. The first-order valence-electron chi connectivity index (χ1n) is 14.9. The SMILES string of the molecule is C=CCOC(=O)C1=C(CCCCOCc2ccccc2)NC2=[N+]3[C@@H]1CC[C@@H]3C(C(=O)OCC)=C(c1ccc([N+](=O)[O-])cc1)N2. The van der Waals surface area contributed by atoms with Gasteiger partial charge in [0.25, 0.3) is 5.69 Å². The van der Waals surface area contributed by atoms with Crippen LogP contribution < -0.4 is 10.6 Å². The van der Waals surface area contributed by atoms with Crippen molar-refractivity contribution in [3.8, 4) is 0 Å². The summed E-state index contributed by atoms with van der Waals surface area (Å²) in [6, 6.07) is 15.4. The van der Waals surface area contributed by atoms with Gasteiger partial charge >= 0.3 is 17.9 Å². The Morgan fingerprint density at radius 3 is 2.39 bits per heavy atom. The Bertz CT molecular complexity index is 1510. The zero-order chi connectivity index (χ0) is 31.1. The quantitative estimate of drug-likeness (QED) is 0.0810. The molecule has 2 atom stereocenters. The molecule has 11 nitrogen and oxygen atoms in total. The molecule has 0 unspecified atom stereocenters. The van der Waals surface area contributed by atoms with Gasteiger partial charge in [-0.2, -0.15) is 0 Å². The van der Waals surface area contributed by atoms with Gasteiger partial charge in [-0.25, -0.2) is 24.8 Å². The molecule has 3 aliphatic heterocycles. The largest absolute Gasteiger partial charge is 0.462 e. The van der Waals surface area contributed by atoms with Crippen molar-refractivity contribution in [2.45, 2.75) is 57.7 Å². The summed E-state index contributed by atoms with van der Waals surface area (Å²) in [5.74, 6) is -0.242. The van der Waals surface area contributed by atoms with Crippen molar-refractivity contribution >= 4 is 29.3 Å². The molecule has 1 fully saturated rings. The first-order valence-corrected chi connectivity index (χ1v) is 14.9. The molecule has 0 spiro atoms. The number of nitro groups is 1. The Kier molecular flexibility index (Phi) is 9.86. The molecule has 2 N–H and O–H groups in total. The summed E-state index contributed by atoms with van der Waals surface area (Å²) in [4.78, 5) is 37.6. The van der Waals surface area contributed by atoms with Gasteiger partial charge in [0.2, 0.25) is 0 Å². The Labute approximate surface area is 256 Å². The number of unbranched alkanes of at least 4 members (excludes halogenated alkanes) is 1. The van der Waals surface area contributed by atoms with Crippen LogP contribution in [0, 0.1) is 10.1 Å². The zero-order valence-corrected chi connectivity index (χ0v) is 24.8. The molecule has 11 heteroatoms. The Morgan fingerprint density at radius 1 is 1.00 bits per heavy atom. The molecule has 0 amide bonds. The number of nitrogens with zero attached hydrogens (tertiary/aromatic N) is 2. The van der Waals surface area contributed by atoms with E-state index in [0.717, 1.165) is 24.1 Å². The topological polar surface area (TPSA) is 132 Å². The summed E-state index contributed by atoms with van der Waals surface area (Å²) >= 11 is 0. The van der Waals surface area contributed by atoms with Crippen LogP contribution in [0.5, 0.6) is 0 Å². The number of hydrogen-bond donors (Lipinski definition) is 2. The van der Waals surface area contributed by atoms with Gasteiger partial charge in [0.05, 0.1) is 23.8 Å². The molecule has 44 heavy (non-hydrogen) atoms. The van der Waals surface area contributed by atoms with Crippen molar-refractivity contribution in [3.63, 3.8) is 0 Å². The van der Waals surface area contributed by atoms with E-state index < -0.39 is 16.9 Å². The summed E-state index contributed by atoms with van der Waals surface area (Å²) < 4.78 is 18.9. The third kappa shape index (κ3) is 6.57. The van der Waals surface area contributed by atoms with E-state index in [1.54, 1.807) is 19.1 Å².